The van der Waals surface area contributed by atoms with Crippen LogP contribution >= 0.6 is 11.8 Å². The molecule has 2 fully saturated rings. The average Bonchev–Trinajstić information content (AvgIpc) is 3.16. The summed E-state index contributed by atoms with van der Waals surface area (Å²) in [5.41, 5.74) is 1.88. The van der Waals surface area contributed by atoms with Crippen LogP contribution in [0.15, 0.2) is 24.3 Å². The van der Waals surface area contributed by atoms with Gasteiger partial charge in [0.1, 0.15) is 0 Å². The molecule has 2 heterocycles. The van der Waals surface area contributed by atoms with Gasteiger partial charge in [-0.2, -0.15) is 0 Å². The number of thioether (sulfide) groups is 1. The SMILES string of the molecule is Cc1cccc(NC(=O)CSCC(=O)N2CCCCC2C2OCCO2)c1. The quantitative estimate of drug-likeness (QED) is 0.823. The van der Waals surface area contributed by atoms with Gasteiger partial charge < -0.3 is 19.7 Å². The molecule has 0 aliphatic carbocycles. The van der Waals surface area contributed by atoms with Crippen molar-refractivity contribution >= 4 is 29.3 Å². The summed E-state index contributed by atoms with van der Waals surface area (Å²) < 4.78 is 11.2. The lowest BCUT2D eigenvalue weighted by molar-refractivity contribution is -0.148. The second kappa shape index (κ2) is 9.39. The van der Waals surface area contributed by atoms with Crippen LogP contribution in [0.4, 0.5) is 5.69 Å². The van der Waals surface area contributed by atoms with Crippen LogP contribution in [0.1, 0.15) is 24.8 Å². The van der Waals surface area contributed by atoms with Crippen LogP contribution in [-0.2, 0) is 19.1 Å². The Morgan fingerprint density at radius 2 is 2.04 bits per heavy atom. The van der Waals surface area contributed by atoms with Crippen molar-refractivity contribution < 1.29 is 19.1 Å². The number of hydrogen-bond donors (Lipinski definition) is 1. The monoisotopic (exact) mass is 378 g/mol. The lowest BCUT2D eigenvalue weighted by Crippen LogP contribution is -2.50. The predicted octanol–water partition coefficient (Wildman–Crippen LogP) is 2.42. The van der Waals surface area contributed by atoms with E-state index in [0.29, 0.717) is 19.0 Å². The number of carbonyl (C=O) groups is 2. The van der Waals surface area contributed by atoms with Crippen molar-refractivity contribution in [2.45, 2.75) is 38.5 Å². The molecule has 142 valence electrons. The molecule has 1 aromatic rings. The van der Waals surface area contributed by atoms with E-state index >= 15 is 0 Å². The van der Waals surface area contributed by atoms with Gasteiger partial charge in [0.05, 0.1) is 30.8 Å². The van der Waals surface area contributed by atoms with Crippen LogP contribution in [0.2, 0.25) is 0 Å². The Morgan fingerprint density at radius 3 is 2.81 bits per heavy atom. The molecule has 26 heavy (non-hydrogen) atoms. The highest BCUT2D eigenvalue weighted by atomic mass is 32.2. The molecule has 1 unspecified atom stereocenters. The highest BCUT2D eigenvalue weighted by molar-refractivity contribution is 8.00. The van der Waals surface area contributed by atoms with Crippen molar-refractivity contribution in [3.05, 3.63) is 29.8 Å². The van der Waals surface area contributed by atoms with E-state index in [0.717, 1.165) is 37.1 Å². The summed E-state index contributed by atoms with van der Waals surface area (Å²) in [7, 11) is 0. The maximum Gasteiger partial charge on any atom is 0.234 e. The third-order valence-corrected chi connectivity index (χ3v) is 5.51. The Morgan fingerprint density at radius 1 is 1.23 bits per heavy atom. The predicted molar refractivity (Wildman–Crippen MR) is 102 cm³/mol. The maximum absolute atomic E-state index is 12.6. The van der Waals surface area contributed by atoms with Crippen LogP contribution in [0.3, 0.4) is 0 Å². The van der Waals surface area contributed by atoms with Gasteiger partial charge in [0.25, 0.3) is 0 Å². The molecule has 6 nitrogen and oxygen atoms in total. The fourth-order valence-electron chi connectivity index (χ4n) is 3.38. The molecule has 0 spiro atoms. The average molecular weight is 378 g/mol. The van der Waals surface area contributed by atoms with Crippen molar-refractivity contribution in [3.8, 4) is 0 Å². The van der Waals surface area contributed by atoms with Gasteiger partial charge in [-0.1, -0.05) is 12.1 Å². The van der Waals surface area contributed by atoms with Gasteiger partial charge in [0, 0.05) is 12.2 Å². The van der Waals surface area contributed by atoms with E-state index in [4.69, 9.17) is 9.47 Å². The van der Waals surface area contributed by atoms with Gasteiger partial charge in [-0.3, -0.25) is 9.59 Å². The second-order valence-corrected chi connectivity index (χ2v) is 7.66. The molecule has 0 saturated carbocycles. The lowest BCUT2D eigenvalue weighted by Gasteiger charge is -2.38. The number of rotatable bonds is 6. The minimum absolute atomic E-state index is 0.000436. The molecule has 0 radical (unpaired) electrons. The number of hydrogen-bond acceptors (Lipinski definition) is 5. The van der Waals surface area contributed by atoms with Gasteiger partial charge in [0.2, 0.25) is 11.8 Å². The van der Waals surface area contributed by atoms with E-state index in [9.17, 15) is 9.59 Å². The number of anilines is 1. The highest BCUT2D eigenvalue weighted by Gasteiger charge is 2.35. The molecule has 0 bridgehead atoms. The van der Waals surface area contributed by atoms with Crippen molar-refractivity contribution in [2.24, 2.45) is 0 Å². The van der Waals surface area contributed by atoms with E-state index < -0.39 is 0 Å². The minimum Gasteiger partial charge on any atom is -0.348 e. The smallest absolute Gasteiger partial charge is 0.234 e. The Labute approximate surface area is 158 Å². The first-order valence-electron chi connectivity index (χ1n) is 9.10. The van der Waals surface area contributed by atoms with Crippen molar-refractivity contribution in [1.82, 2.24) is 4.90 Å². The number of piperidine rings is 1. The highest BCUT2D eigenvalue weighted by Crippen LogP contribution is 2.25. The Hall–Kier alpha value is -1.57. The summed E-state index contributed by atoms with van der Waals surface area (Å²) in [6.45, 7) is 3.91. The second-order valence-electron chi connectivity index (χ2n) is 6.67. The number of likely N-dealkylation sites (tertiary alicyclic amines) is 1. The molecule has 0 aromatic heterocycles. The maximum atomic E-state index is 12.6. The Bertz CT molecular complexity index is 634. The molecule has 1 atom stereocenters. The molecule has 3 rings (SSSR count). The number of amides is 2. The third-order valence-electron chi connectivity index (χ3n) is 4.59. The van der Waals surface area contributed by atoms with E-state index in [1.165, 1.54) is 11.8 Å². The third kappa shape index (κ3) is 5.22. The van der Waals surface area contributed by atoms with E-state index in [1.54, 1.807) is 0 Å². The summed E-state index contributed by atoms with van der Waals surface area (Å²) >= 11 is 1.35. The first-order valence-corrected chi connectivity index (χ1v) is 10.3. The van der Waals surface area contributed by atoms with Crippen LogP contribution in [0.25, 0.3) is 0 Å². The first kappa shape index (κ1) is 19.2. The van der Waals surface area contributed by atoms with Gasteiger partial charge in [-0.15, -0.1) is 11.8 Å². The van der Waals surface area contributed by atoms with Gasteiger partial charge in [-0.05, 0) is 43.9 Å². The topological polar surface area (TPSA) is 67.9 Å². The van der Waals surface area contributed by atoms with Crippen molar-refractivity contribution in [1.29, 1.82) is 0 Å². The summed E-state index contributed by atoms with van der Waals surface area (Å²) in [5.74, 6) is 0.521. The van der Waals surface area contributed by atoms with Gasteiger partial charge >= 0.3 is 0 Å². The van der Waals surface area contributed by atoms with Crippen molar-refractivity contribution in [2.75, 3.05) is 36.6 Å². The summed E-state index contributed by atoms with van der Waals surface area (Å²) in [5, 5.41) is 2.86. The number of aryl methyl sites for hydroxylation is 1. The number of nitrogens with zero attached hydrogens (tertiary/aromatic N) is 1. The standard InChI is InChI=1S/C19H26N2O4S/c1-14-5-4-6-15(11-14)20-17(22)12-26-13-18(23)21-8-3-2-7-16(21)19-24-9-10-25-19/h4-6,11,16,19H,2-3,7-10,12-13H2,1H3,(H,20,22). The zero-order valence-electron chi connectivity index (χ0n) is 15.1. The van der Waals surface area contributed by atoms with E-state index in [1.807, 2.05) is 36.1 Å². The van der Waals surface area contributed by atoms with Gasteiger partial charge in [-0.25, -0.2) is 0 Å². The Kier molecular flexibility index (Phi) is 6.93. The number of benzene rings is 1. The number of carbonyl (C=O) groups excluding carboxylic acids is 2. The molecule has 1 aromatic carbocycles. The van der Waals surface area contributed by atoms with Crippen LogP contribution in [0, 0.1) is 6.92 Å². The molecular weight excluding hydrogens is 352 g/mol. The summed E-state index contributed by atoms with van der Waals surface area (Å²) in [6, 6.07) is 7.68. The van der Waals surface area contributed by atoms with Crippen LogP contribution in [0.5, 0.6) is 0 Å². The first-order chi connectivity index (χ1) is 12.6. The molecule has 1 N–H and O–H groups in total. The zero-order chi connectivity index (χ0) is 18.4. The van der Waals surface area contributed by atoms with Crippen LogP contribution < -0.4 is 5.32 Å². The molecule has 2 aliphatic rings. The van der Waals surface area contributed by atoms with E-state index in [-0.39, 0.29) is 29.9 Å². The number of nitrogens with one attached hydrogen (secondary N) is 1. The molecule has 2 saturated heterocycles. The lowest BCUT2D eigenvalue weighted by atomic mass is 10.0. The molecule has 2 amide bonds. The van der Waals surface area contributed by atoms with Crippen LogP contribution in [-0.4, -0.2) is 60.3 Å². The van der Waals surface area contributed by atoms with Gasteiger partial charge in [0.15, 0.2) is 6.29 Å². The van der Waals surface area contributed by atoms with E-state index in [2.05, 4.69) is 5.32 Å². The largest absolute Gasteiger partial charge is 0.348 e. The molecule has 2 aliphatic heterocycles. The fraction of sp³-hybridized carbons (Fsp3) is 0.579. The summed E-state index contributed by atoms with van der Waals surface area (Å²) in [6.07, 6.45) is 2.71. The normalized spacial score (nSPS) is 21.0. The zero-order valence-corrected chi connectivity index (χ0v) is 15.9. The Balaban J connectivity index is 1.44. The molecular formula is C19H26N2O4S. The van der Waals surface area contributed by atoms with Crippen molar-refractivity contribution in [3.63, 3.8) is 0 Å². The summed E-state index contributed by atoms with van der Waals surface area (Å²) in [4.78, 5) is 26.6. The molecule has 7 heteroatoms. The minimum atomic E-state index is -0.297. The fourth-order valence-corrected chi connectivity index (χ4v) is 4.08. The number of ether oxygens (including phenoxy) is 2.